The lowest BCUT2D eigenvalue weighted by Gasteiger charge is -2.21. The van der Waals surface area contributed by atoms with Crippen LogP contribution in [0.4, 0.5) is 0 Å². The maximum Gasteiger partial charge on any atom is 0.472 e. The van der Waals surface area contributed by atoms with Crippen LogP contribution in [0.25, 0.3) is 0 Å². The second-order valence-electron chi connectivity index (χ2n) is 32.2. The van der Waals surface area contributed by atoms with Gasteiger partial charge in [-0.2, -0.15) is 0 Å². The molecule has 4 unspecified atom stereocenters. The van der Waals surface area contributed by atoms with Gasteiger partial charge >= 0.3 is 39.5 Å². The van der Waals surface area contributed by atoms with Gasteiger partial charge in [0, 0.05) is 25.7 Å². The van der Waals surface area contributed by atoms with E-state index in [2.05, 4.69) is 48.5 Å². The van der Waals surface area contributed by atoms with Crippen LogP contribution in [-0.2, 0) is 65.4 Å². The number of phosphoric acid groups is 2. The van der Waals surface area contributed by atoms with Gasteiger partial charge in [0.05, 0.1) is 26.4 Å². The first kappa shape index (κ1) is 104. The van der Waals surface area contributed by atoms with Crippen molar-refractivity contribution in [3.63, 3.8) is 0 Å². The number of esters is 4. The number of carbonyl (C=O) groups excluding carboxylic acids is 4. The monoisotopic (exact) mass is 1550 g/mol. The van der Waals surface area contributed by atoms with E-state index in [1.807, 2.05) is 0 Å². The highest BCUT2D eigenvalue weighted by Gasteiger charge is 2.31. The summed E-state index contributed by atoms with van der Waals surface area (Å²) in [7, 11) is -9.93. The van der Waals surface area contributed by atoms with Crippen LogP contribution < -0.4 is 0 Å². The Labute approximate surface area is 651 Å². The van der Waals surface area contributed by atoms with E-state index in [4.69, 9.17) is 37.0 Å². The zero-order valence-electron chi connectivity index (χ0n) is 69.9. The third kappa shape index (κ3) is 77.4. The molecule has 630 valence electrons. The molecule has 0 fully saturated rings. The molecule has 0 spiro atoms. The quantitative estimate of drug-likeness (QED) is 0.0222. The summed E-state index contributed by atoms with van der Waals surface area (Å²) in [6.45, 7) is 12.0. The van der Waals surface area contributed by atoms with Gasteiger partial charge in [-0.1, -0.05) is 408 Å². The molecule has 106 heavy (non-hydrogen) atoms. The van der Waals surface area contributed by atoms with Gasteiger partial charge in [0.15, 0.2) is 12.2 Å². The van der Waals surface area contributed by atoms with Crippen molar-refractivity contribution in [1.82, 2.24) is 0 Å². The molecule has 0 aromatic heterocycles. The number of aliphatic hydroxyl groups is 1. The summed E-state index contributed by atoms with van der Waals surface area (Å²) in [6, 6.07) is 0. The third-order valence-corrected chi connectivity index (χ3v) is 23.0. The predicted molar refractivity (Wildman–Crippen MR) is 437 cm³/mol. The Bertz CT molecular complexity index is 2050. The summed E-state index contributed by atoms with van der Waals surface area (Å²) in [5, 5.41) is 10.7. The average molecular weight is 1550 g/mol. The summed E-state index contributed by atoms with van der Waals surface area (Å²) in [6.07, 6.45) is 68.2. The van der Waals surface area contributed by atoms with Crippen molar-refractivity contribution in [3.05, 3.63) is 0 Å². The van der Waals surface area contributed by atoms with Gasteiger partial charge in [-0.15, -0.1) is 0 Å². The topological polar surface area (TPSA) is 237 Å². The fourth-order valence-electron chi connectivity index (χ4n) is 13.5. The zero-order valence-corrected chi connectivity index (χ0v) is 71.7. The lowest BCUT2D eigenvalue weighted by molar-refractivity contribution is -0.161. The van der Waals surface area contributed by atoms with Crippen LogP contribution in [0, 0.1) is 17.8 Å². The highest BCUT2D eigenvalue weighted by Crippen LogP contribution is 2.45. The average Bonchev–Trinajstić information content (AvgIpc) is 0.903. The van der Waals surface area contributed by atoms with Crippen LogP contribution in [0.1, 0.15) is 459 Å². The van der Waals surface area contributed by atoms with E-state index >= 15 is 0 Å². The highest BCUT2D eigenvalue weighted by molar-refractivity contribution is 7.47. The van der Waals surface area contributed by atoms with Crippen molar-refractivity contribution in [3.8, 4) is 0 Å². The minimum Gasteiger partial charge on any atom is -0.462 e. The van der Waals surface area contributed by atoms with Crippen molar-refractivity contribution in [2.24, 2.45) is 17.8 Å². The van der Waals surface area contributed by atoms with E-state index in [0.717, 1.165) is 108 Å². The molecule has 0 saturated carbocycles. The number of unbranched alkanes of at least 4 members (excludes halogenated alkanes) is 51. The van der Waals surface area contributed by atoms with Gasteiger partial charge in [-0.05, 0) is 43.4 Å². The Morgan fingerprint density at radius 1 is 0.274 bits per heavy atom. The van der Waals surface area contributed by atoms with Crippen LogP contribution in [0.5, 0.6) is 0 Å². The number of hydrogen-bond donors (Lipinski definition) is 3. The number of phosphoric ester groups is 2. The number of rotatable bonds is 85. The van der Waals surface area contributed by atoms with E-state index in [9.17, 15) is 43.2 Å². The number of carbonyl (C=O) groups is 4. The van der Waals surface area contributed by atoms with Gasteiger partial charge in [0.1, 0.15) is 19.3 Å². The number of aliphatic hydroxyl groups excluding tert-OH is 1. The van der Waals surface area contributed by atoms with E-state index in [0.29, 0.717) is 31.6 Å². The van der Waals surface area contributed by atoms with Crippen LogP contribution in [0.2, 0.25) is 0 Å². The van der Waals surface area contributed by atoms with E-state index in [1.165, 1.54) is 263 Å². The fraction of sp³-hybridized carbons (Fsp3) is 0.954. The molecular formula is C87H170O17P2. The summed E-state index contributed by atoms with van der Waals surface area (Å²) in [4.78, 5) is 73.1. The molecule has 19 heteroatoms. The smallest absolute Gasteiger partial charge is 0.462 e. The normalized spacial score (nSPS) is 14.4. The molecule has 0 aliphatic carbocycles. The van der Waals surface area contributed by atoms with E-state index in [-0.39, 0.29) is 25.7 Å². The largest absolute Gasteiger partial charge is 0.472 e. The number of ether oxygens (including phenoxy) is 4. The third-order valence-electron chi connectivity index (χ3n) is 21.1. The maximum atomic E-state index is 13.2. The Balaban J connectivity index is 5.18. The van der Waals surface area contributed by atoms with E-state index < -0.39 is 97.5 Å². The van der Waals surface area contributed by atoms with Gasteiger partial charge in [0.2, 0.25) is 0 Å². The summed E-state index contributed by atoms with van der Waals surface area (Å²) < 4.78 is 68.8. The number of hydrogen-bond acceptors (Lipinski definition) is 15. The highest BCUT2D eigenvalue weighted by atomic mass is 31.2. The molecule has 0 aromatic rings. The molecule has 0 aliphatic heterocycles. The van der Waals surface area contributed by atoms with Crippen LogP contribution in [0.3, 0.4) is 0 Å². The van der Waals surface area contributed by atoms with Gasteiger partial charge in [-0.25, -0.2) is 9.13 Å². The Kier molecular flexibility index (Phi) is 75.6. The van der Waals surface area contributed by atoms with Gasteiger partial charge in [0.25, 0.3) is 0 Å². The van der Waals surface area contributed by atoms with Gasteiger partial charge < -0.3 is 33.8 Å². The molecule has 0 amide bonds. The minimum absolute atomic E-state index is 0.107. The Morgan fingerprint density at radius 2 is 0.481 bits per heavy atom. The van der Waals surface area contributed by atoms with Crippen molar-refractivity contribution in [1.29, 1.82) is 0 Å². The fourth-order valence-corrected chi connectivity index (χ4v) is 15.1. The van der Waals surface area contributed by atoms with Gasteiger partial charge in [-0.3, -0.25) is 37.3 Å². The summed E-state index contributed by atoms with van der Waals surface area (Å²) >= 11 is 0. The SMILES string of the molecule is CCCCCCCCCCCCCCCC(=O)O[C@H](COC(=O)CCCCCCCCC(C)C)COP(=O)(O)OC[C@H](O)COP(=O)(O)OC[C@@H](COC(=O)CCCCCCCCCCCCCCCCCCCCC(C)CC)OC(=O)CCCCCCCCCCCCCCCCCCCCC(C)CC. The Hall–Kier alpha value is -1.94. The van der Waals surface area contributed by atoms with Crippen molar-refractivity contribution in [2.75, 3.05) is 39.6 Å². The zero-order chi connectivity index (χ0) is 77.9. The van der Waals surface area contributed by atoms with Crippen molar-refractivity contribution >= 4 is 39.5 Å². The predicted octanol–water partition coefficient (Wildman–Crippen LogP) is 26.5. The summed E-state index contributed by atoms with van der Waals surface area (Å²) in [5.74, 6) is 0.318. The maximum absolute atomic E-state index is 13.2. The second-order valence-corrected chi connectivity index (χ2v) is 35.1. The van der Waals surface area contributed by atoms with Crippen molar-refractivity contribution < 1.29 is 80.2 Å². The minimum atomic E-state index is -4.97. The van der Waals surface area contributed by atoms with E-state index in [1.54, 1.807) is 0 Å². The molecule has 0 aromatic carbocycles. The van der Waals surface area contributed by atoms with Crippen LogP contribution in [-0.4, -0.2) is 96.7 Å². The second kappa shape index (κ2) is 77.0. The molecule has 3 N–H and O–H groups in total. The molecule has 0 bridgehead atoms. The Morgan fingerprint density at radius 3 is 0.717 bits per heavy atom. The first-order valence-electron chi connectivity index (χ1n) is 44.9. The molecule has 0 aliphatic rings. The van der Waals surface area contributed by atoms with Crippen LogP contribution in [0.15, 0.2) is 0 Å². The molecule has 0 saturated heterocycles. The molecule has 7 atom stereocenters. The van der Waals surface area contributed by atoms with Crippen LogP contribution >= 0.6 is 15.6 Å². The molecule has 0 radical (unpaired) electrons. The first-order chi connectivity index (χ1) is 51.3. The standard InChI is InChI=1S/C87H170O17P2/c1-8-11-12-13-14-15-16-29-37-42-47-56-63-70-87(92)104-83(75-98-85(90)69-62-55-50-49-51-58-65-78(4)5)77-102-106(95,96)100-73-81(88)72-99-105(93,94)101-76-82(103-86(91)71-64-57-48-43-38-33-28-24-20-18-22-26-31-35-40-45-53-60-67-80(7)10-3)74-97-84(89)68-61-54-46-41-36-32-27-23-19-17-21-25-30-34-39-44-52-59-66-79(6)9-2/h78-83,88H,8-77H2,1-7H3,(H,93,94)(H,95,96)/t79?,80?,81-,82-,83-/m1/s1. The lowest BCUT2D eigenvalue weighted by atomic mass is 9.99. The molecule has 0 rings (SSSR count). The molecule has 17 nitrogen and oxygen atoms in total. The lowest BCUT2D eigenvalue weighted by Crippen LogP contribution is -2.30. The molecule has 0 heterocycles. The molecular weight excluding hydrogens is 1380 g/mol. The van der Waals surface area contributed by atoms with Crippen molar-refractivity contribution in [2.45, 2.75) is 478 Å². The summed E-state index contributed by atoms with van der Waals surface area (Å²) in [5.41, 5.74) is 0. The first-order valence-corrected chi connectivity index (χ1v) is 47.9.